The average Bonchev–Trinajstić information content (AvgIpc) is 3.66. The van der Waals surface area contributed by atoms with Gasteiger partial charge in [-0.2, -0.15) is 5.10 Å². The summed E-state index contributed by atoms with van der Waals surface area (Å²) in [6.45, 7) is 14.4. The first-order chi connectivity index (χ1) is 19.5. The third kappa shape index (κ3) is 6.35. The number of carbonyl (C=O) groups is 1. The summed E-state index contributed by atoms with van der Waals surface area (Å²) < 4.78 is 7.17. The molecule has 9 nitrogen and oxygen atoms in total. The number of nitrogens with one attached hydrogen (secondary N) is 1. The van der Waals surface area contributed by atoms with E-state index in [1.165, 1.54) is 0 Å². The highest BCUT2D eigenvalue weighted by atomic mass is 32.1. The summed E-state index contributed by atoms with van der Waals surface area (Å²) in [4.78, 5) is 28.9. The average molecular weight is 566 g/mol. The van der Waals surface area contributed by atoms with Crippen LogP contribution in [0.3, 0.4) is 0 Å². The lowest BCUT2D eigenvalue weighted by atomic mass is 10.0. The van der Waals surface area contributed by atoms with Crippen LogP contribution in [0.15, 0.2) is 48.1 Å². The van der Waals surface area contributed by atoms with Crippen molar-refractivity contribution in [1.82, 2.24) is 29.8 Å². The Hall–Kier alpha value is -3.34. The molecule has 0 aromatic carbocycles. The molecule has 0 aliphatic carbocycles. The molecule has 4 aromatic heterocycles. The first-order valence-corrected chi connectivity index (χ1v) is 15.1. The van der Waals surface area contributed by atoms with Crippen LogP contribution < -0.4 is 10.2 Å². The first kappa shape index (κ1) is 29.6. The van der Waals surface area contributed by atoms with E-state index in [1.54, 1.807) is 29.2 Å². The fourth-order valence-corrected chi connectivity index (χ4v) is 5.67. The molecule has 4 aromatic rings. The maximum atomic E-state index is 13.4. The maximum absolute atomic E-state index is 13.4. The summed E-state index contributed by atoms with van der Waals surface area (Å²) in [7, 11) is 1.71. The van der Waals surface area contributed by atoms with Crippen molar-refractivity contribution < 1.29 is 11.0 Å². The molecule has 1 aliphatic heterocycles. The second kappa shape index (κ2) is 13.8. The maximum Gasteiger partial charge on any atom is 0.251 e. The Bertz CT molecular complexity index is 1390. The van der Waals surface area contributed by atoms with Crippen LogP contribution in [-0.4, -0.2) is 82.4 Å². The van der Waals surface area contributed by atoms with Crippen molar-refractivity contribution in [2.75, 3.05) is 44.8 Å². The zero-order valence-electron chi connectivity index (χ0n) is 24.4. The monoisotopic (exact) mass is 565 g/mol. The van der Waals surface area contributed by atoms with Gasteiger partial charge in [-0.15, -0.1) is 11.3 Å². The molecule has 40 heavy (non-hydrogen) atoms. The van der Waals surface area contributed by atoms with Crippen LogP contribution in [0.5, 0.6) is 0 Å². The molecule has 5 heterocycles. The highest BCUT2D eigenvalue weighted by molar-refractivity contribution is 7.13. The van der Waals surface area contributed by atoms with Gasteiger partial charge in [0.2, 0.25) is 0 Å². The quantitative estimate of drug-likeness (QED) is 0.258. The highest BCUT2D eigenvalue weighted by Gasteiger charge is 2.30. The highest BCUT2D eigenvalue weighted by Crippen LogP contribution is 2.31. The molecule has 1 amide bonds. The lowest BCUT2D eigenvalue weighted by Crippen LogP contribution is -2.50. The summed E-state index contributed by atoms with van der Waals surface area (Å²) >= 11 is 1.65. The number of anilines is 1. The van der Waals surface area contributed by atoms with Crippen molar-refractivity contribution in [1.29, 1.82) is 0 Å². The normalized spacial score (nSPS) is 15.5. The van der Waals surface area contributed by atoms with Gasteiger partial charge in [0.1, 0.15) is 5.82 Å². The standard InChI is InChI=1S/C28H35N7O2S.C2H6.H2/c1-5-33(6-2)19(3)16-29-28(36)20-14-24(31-26(15-20)34-11-9-21(34)18-37-4)22-17-30-35-12-10-23(32-27(22)35)25-8-7-13-38-25;1-2;/h7-8,10,12-15,17,19,21H,5-6,9,11,16,18H2,1-4H3,(H,29,36);1-2H3;1H/t19-,21-;;/m0../s1. The van der Waals surface area contributed by atoms with Crippen LogP contribution in [0.25, 0.3) is 27.5 Å². The van der Waals surface area contributed by atoms with E-state index in [0.29, 0.717) is 30.1 Å². The lowest BCUT2D eigenvalue weighted by molar-refractivity contribution is 0.0938. The predicted octanol–water partition coefficient (Wildman–Crippen LogP) is 5.48. The number of nitrogens with zero attached hydrogens (tertiary/aromatic N) is 6. The lowest BCUT2D eigenvalue weighted by Gasteiger charge is -2.41. The van der Waals surface area contributed by atoms with Gasteiger partial charge in [-0.3, -0.25) is 9.69 Å². The molecular formula is C30H43N7O2S. The second-order valence-corrected chi connectivity index (χ2v) is 10.5. The molecule has 1 saturated heterocycles. The Kier molecular flexibility index (Phi) is 10.2. The number of carbonyl (C=O) groups excluding carboxylic acids is 1. The summed E-state index contributed by atoms with van der Waals surface area (Å²) in [6.07, 6.45) is 4.72. The minimum absolute atomic E-state index is 0. The van der Waals surface area contributed by atoms with Gasteiger partial charge in [-0.1, -0.05) is 33.8 Å². The van der Waals surface area contributed by atoms with Crippen LogP contribution in [0.4, 0.5) is 5.82 Å². The predicted molar refractivity (Wildman–Crippen MR) is 165 cm³/mol. The van der Waals surface area contributed by atoms with E-state index in [4.69, 9.17) is 14.7 Å². The zero-order valence-corrected chi connectivity index (χ0v) is 25.2. The van der Waals surface area contributed by atoms with Crippen LogP contribution in [0.2, 0.25) is 0 Å². The number of hydrogen-bond donors (Lipinski definition) is 1. The number of fused-ring (bicyclic) bond motifs is 1. The third-order valence-corrected chi connectivity index (χ3v) is 8.18. The van der Waals surface area contributed by atoms with Crippen molar-refractivity contribution in [3.05, 3.63) is 53.7 Å². The van der Waals surface area contributed by atoms with Gasteiger partial charge in [0.15, 0.2) is 5.65 Å². The number of likely N-dealkylation sites (N-methyl/N-ethyl adjacent to an activating group) is 1. The third-order valence-electron chi connectivity index (χ3n) is 7.28. The van der Waals surface area contributed by atoms with Gasteiger partial charge in [-0.05, 0) is 56.1 Å². The Morgan fingerprint density at radius 1 is 1.23 bits per heavy atom. The minimum atomic E-state index is -0.110. The molecule has 10 heteroatoms. The largest absolute Gasteiger partial charge is 0.383 e. The van der Waals surface area contributed by atoms with Crippen LogP contribution in [0, 0.1) is 0 Å². The SMILES string of the molecule is CC.CCN(CC)[C@@H](C)CNC(=O)c1cc(-c2cnn3ccc(-c4cccs4)nc23)nc(N2CC[C@H]2COC)c1.[HH]. The van der Waals surface area contributed by atoms with Crippen LogP contribution in [0.1, 0.15) is 52.8 Å². The van der Waals surface area contributed by atoms with E-state index in [-0.39, 0.29) is 19.4 Å². The Morgan fingerprint density at radius 3 is 2.67 bits per heavy atom. The van der Waals surface area contributed by atoms with E-state index in [0.717, 1.165) is 48.0 Å². The van der Waals surface area contributed by atoms with Crippen LogP contribution >= 0.6 is 11.3 Å². The van der Waals surface area contributed by atoms with E-state index in [2.05, 4.69) is 47.1 Å². The molecule has 216 valence electrons. The summed E-state index contributed by atoms with van der Waals surface area (Å²) in [5.41, 5.74) is 3.64. The van der Waals surface area contributed by atoms with E-state index in [1.807, 2.05) is 49.7 Å². The molecule has 0 saturated carbocycles. The number of thiophene rings is 1. The number of aromatic nitrogens is 4. The molecule has 0 unspecified atom stereocenters. The smallest absolute Gasteiger partial charge is 0.251 e. The molecule has 1 fully saturated rings. The number of pyridine rings is 1. The number of amides is 1. The van der Waals surface area contributed by atoms with Gasteiger partial charge in [0.05, 0.1) is 40.7 Å². The second-order valence-electron chi connectivity index (χ2n) is 9.59. The number of methoxy groups -OCH3 is 1. The van der Waals surface area contributed by atoms with Gasteiger partial charge >= 0.3 is 0 Å². The molecular weight excluding hydrogens is 522 g/mol. The first-order valence-electron chi connectivity index (χ1n) is 14.2. The minimum Gasteiger partial charge on any atom is -0.383 e. The fourth-order valence-electron chi connectivity index (χ4n) is 4.97. The molecule has 2 atom stereocenters. The number of ether oxygens (including phenoxy) is 1. The molecule has 1 N–H and O–H groups in total. The van der Waals surface area contributed by atoms with E-state index >= 15 is 0 Å². The number of rotatable bonds is 11. The van der Waals surface area contributed by atoms with Gasteiger partial charge < -0.3 is 15.0 Å². The van der Waals surface area contributed by atoms with Gasteiger partial charge in [0, 0.05) is 39.4 Å². The molecule has 5 rings (SSSR count). The van der Waals surface area contributed by atoms with E-state index < -0.39 is 0 Å². The molecule has 1 aliphatic rings. The van der Waals surface area contributed by atoms with Crippen molar-refractivity contribution >= 4 is 28.7 Å². The van der Waals surface area contributed by atoms with Crippen molar-refractivity contribution in [3.8, 4) is 21.8 Å². The Morgan fingerprint density at radius 2 is 2.02 bits per heavy atom. The van der Waals surface area contributed by atoms with Crippen molar-refractivity contribution in [3.63, 3.8) is 0 Å². The van der Waals surface area contributed by atoms with Gasteiger partial charge in [0.25, 0.3) is 5.91 Å². The molecule has 0 bridgehead atoms. The summed E-state index contributed by atoms with van der Waals surface area (Å²) in [6, 6.07) is 10.3. The van der Waals surface area contributed by atoms with E-state index in [9.17, 15) is 4.79 Å². The zero-order chi connectivity index (χ0) is 28.6. The van der Waals surface area contributed by atoms with Crippen LogP contribution in [-0.2, 0) is 4.74 Å². The molecule has 0 spiro atoms. The van der Waals surface area contributed by atoms with Crippen molar-refractivity contribution in [2.24, 2.45) is 0 Å². The van der Waals surface area contributed by atoms with Gasteiger partial charge in [-0.25, -0.2) is 14.5 Å². The number of hydrogen-bond acceptors (Lipinski definition) is 8. The Balaban J connectivity index is 0.00000151. The Labute approximate surface area is 242 Å². The fraction of sp³-hybridized carbons (Fsp3) is 0.467. The summed E-state index contributed by atoms with van der Waals surface area (Å²) in [5.74, 6) is 0.660. The summed E-state index contributed by atoms with van der Waals surface area (Å²) in [5, 5.41) is 9.70. The van der Waals surface area contributed by atoms with Crippen molar-refractivity contribution in [2.45, 2.75) is 53.1 Å². The topological polar surface area (TPSA) is 87.9 Å². The molecule has 0 radical (unpaired) electrons.